The van der Waals surface area contributed by atoms with E-state index >= 15 is 0 Å². The molecule has 1 aromatic rings. The highest BCUT2D eigenvalue weighted by Crippen LogP contribution is 2.27. The zero-order valence-electron chi connectivity index (χ0n) is 12.0. The molecule has 0 fully saturated rings. The van der Waals surface area contributed by atoms with Crippen molar-refractivity contribution < 1.29 is 13.2 Å². The average Bonchev–Trinajstić information content (AvgIpc) is 2.77. The van der Waals surface area contributed by atoms with Gasteiger partial charge < -0.3 is 4.90 Å². The number of sulfonamides is 1. The Morgan fingerprint density at radius 3 is 2.60 bits per heavy atom. The maximum atomic E-state index is 12.4. The topological polar surface area (TPSA) is 57.7 Å². The number of hydrogen-bond acceptors (Lipinski definition) is 3. The van der Waals surface area contributed by atoms with Crippen LogP contribution in [0, 0.1) is 0 Å². The number of rotatable bonds is 4. The van der Waals surface area contributed by atoms with Crippen LogP contribution in [0.3, 0.4) is 0 Å². The van der Waals surface area contributed by atoms with E-state index in [-0.39, 0.29) is 18.5 Å². The summed E-state index contributed by atoms with van der Waals surface area (Å²) in [6, 6.07) is 7.51. The van der Waals surface area contributed by atoms with Gasteiger partial charge >= 0.3 is 0 Å². The van der Waals surface area contributed by atoms with Crippen LogP contribution in [0.15, 0.2) is 24.3 Å². The van der Waals surface area contributed by atoms with Gasteiger partial charge in [-0.15, -0.1) is 0 Å². The van der Waals surface area contributed by atoms with Crippen molar-refractivity contribution in [1.82, 2.24) is 4.31 Å². The highest BCUT2D eigenvalue weighted by Gasteiger charge is 2.29. The van der Waals surface area contributed by atoms with Gasteiger partial charge in [-0.2, -0.15) is 4.31 Å². The molecule has 1 amide bonds. The Kier molecular flexibility index (Phi) is 4.15. The van der Waals surface area contributed by atoms with Gasteiger partial charge in [0, 0.05) is 18.3 Å². The van der Waals surface area contributed by atoms with Gasteiger partial charge in [0.1, 0.15) is 0 Å². The molecule has 0 aliphatic carbocycles. The Morgan fingerprint density at radius 2 is 2.00 bits per heavy atom. The average molecular weight is 296 g/mol. The molecular weight excluding hydrogens is 276 g/mol. The zero-order valence-corrected chi connectivity index (χ0v) is 12.9. The number of anilines is 1. The molecule has 5 nitrogen and oxygen atoms in total. The third kappa shape index (κ3) is 3.02. The van der Waals surface area contributed by atoms with Crippen LogP contribution < -0.4 is 4.90 Å². The molecule has 0 aromatic heterocycles. The summed E-state index contributed by atoms with van der Waals surface area (Å²) in [4.78, 5) is 14.1. The first kappa shape index (κ1) is 15.0. The predicted molar refractivity (Wildman–Crippen MR) is 79.2 cm³/mol. The first-order chi connectivity index (χ1) is 9.30. The number of para-hydroxylation sites is 1. The van der Waals surface area contributed by atoms with Crippen LogP contribution in [0.2, 0.25) is 0 Å². The third-order valence-corrected chi connectivity index (χ3v) is 4.88. The predicted octanol–water partition coefficient (Wildman–Crippen LogP) is 1.25. The fraction of sp³-hybridized carbons (Fsp3) is 0.500. The SMILES string of the molecule is CC(C)N(CC(=O)N1CCc2ccccc21)S(C)(=O)=O. The largest absolute Gasteiger partial charge is 0.311 e. The van der Waals surface area contributed by atoms with Crippen molar-refractivity contribution in [3.63, 3.8) is 0 Å². The molecule has 6 heteroatoms. The van der Waals surface area contributed by atoms with E-state index in [2.05, 4.69) is 0 Å². The number of nitrogens with zero attached hydrogens (tertiary/aromatic N) is 2. The summed E-state index contributed by atoms with van der Waals surface area (Å²) in [5.41, 5.74) is 2.03. The third-order valence-electron chi connectivity index (χ3n) is 3.48. The van der Waals surface area contributed by atoms with Crippen molar-refractivity contribution in [2.24, 2.45) is 0 Å². The molecule has 0 saturated heterocycles. The van der Waals surface area contributed by atoms with Crippen molar-refractivity contribution >= 4 is 21.6 Å². The lowest BCUT2D eigenvalue weighted by molar-refractivity contribution is -0.119. The summed E-state index contributed by atoms with van der Waals surface area (Å²) < 4.78 is 24.7. The molecule has 1 aliphatic rings. The highest BCUT2D eigenvalue weighted by atomic mass is 32.2. The highest BCUT2D eigenvalue weighted by molar-refractivity contribution is 7.88. The maximum absolute atomic E-state index is 12.4. The van der Waals surface area contributed by atoms with Gasteiger partial charge in [0.15, 0.2) is 0 Å². The minimum atomic E-state index is -3.38. The van der Waals surface area contributed by atoms with Crippen molar-refractivity contribution in [2.75, 3.05) is 24.2 Å². The van der Waals surface area contributed by atoms with E-state index in [0.717, 1.165) is 23.9 Å². The van der Waals surface area contributed by atoms with Gasteiger partial charge in [0.05, 0.1) is 12.8 Å². The van der Waals surface area contributed by atoms with Crippen molar-refractivity contribution in [1.29, 1.82) is 0 Å². The quantitative estimate of drug-likeness (QED) is 0.840. The second kappa shape index (κ2) is 5.54. The molecule has 0 unspecified atom stereocenters. The molecule has 0 bridgehead atoms. The molecule has 0 saturated carbocycles. The zero-order chi connectivity index (χ0) is 14.9. The number of carbonyl (C=O) groups is 1. The van der Waals surface area contributed by atoms with Crippen LogP contribution in [-0.2, 0) is 21.2 Å². The van der Waals surface area contributed by atoms with E-state index in [9.17, 15) is 13.2 Å². The van der Waals surface area contributed by atoms with Crippen molar-refractivity contribution in [2.45, 2.75) is 26.3 Å². The minimum absolute atomic E-state index is 0.106. The molecule has 1 aromatic carbocycles. The molecule has 0 spiro atoms. The molecular formula is C14H20N2O3S. The molecule has 110 valence electrons. The Morgan fingerprint density at radius 1 is 1.35 bits per heavy atom. The Labute approximate surface area is 120 Å². The molecule has 20 heavy (non-hydrogen) atoms. The summed E-state index contributed by atoms with van der Waals surface area (Å²) in [6.07, 6.45) is 1.96. The Balaban J connectivity index is 2.18. The number of amides is 1. The molecule has 0 radical (unpaired) electrons. The molecule has 1 heterocycles. The normalized spacial score (nSPS) is 14.9. The van der Waals surface area contributed by atoms with Crippen LogP contribution in [0.1, 0.15) is 19.4 Å². The lowest BCUT2D eigenvalue weighted by atomic mass is 10.2. The summed E-state index contributed by atoms with van der Waals surface area (Å²) in [5.74, 6) is -0.172. The lowest BCUT2D eigenvalue weighted by Crippen LogP contribution is -2.45. The maximum Gasteiger partial charge on any atom is 0.242 e. The van der Waals surface area contributed by atoms with Crippen LogP contribution in [0.4, 0.5) is 5.69 Å². The van der Waals surface area contributed by atoms with Gasteiger partial charge in [-0.3, -0.25) is 4.79 Å². The van der Waals surface area contributed by atoms with E-state index < -0.39 is 10.0 Å². The number of fused-ring (bicyclic) bond motifs is 1. The smallest absolute Gasteiger partial charge is 0.242 e. The fourth-order valence-corrected chi connectivity index (χ4v) is 3.61. The lowest BCUT2D eigenvalue weighted by Gasteiger charge is -2.26. The van der Waals surface area contributed by atoms with Crippen molar-refractivity contribution in [3.05, 3.63) is 29.8 Å². The van der Waals surface area contributed by atoms with Gasteiger partial charge in [0.2, 0.25) is 15.9 Å². The van der Waals surface area contributed by atoms with E-state index in [1.165, 1.54) is 4.31 Å². The van der Waals surface area contributed by atoms with Gasteiger partial charge in [-0.25, -0.2) is 8.42 Å². The van der Waals surface area contributed by atoms with E-state index in [1.807, 2.05) is 24.3 Å². The van der Waals surface area contributed by atoms with Crippen molar-refractivity contribution in [3.8, 4) is 0 Å². The number of benzene rings is 1. The second-order valence-electron chi connectivity index (χ2n) is 5.33. The van der Waals surface area contributed by atoms with Gasteiger partial charge in [-0.1, -0.05) is 18.2 Å². The number of carbonyl (C=O) groups excluding carboxylic acids is 1. The van der Waals surface area contributed by atoms with Gasteiger partial charge in [0.25, 0.3) is 0 Å². The molecule has 0 N–H and O–H groups in total. The standard InChI is InChI=1S/C14H20N2O3S/c1-11(2)16(20(3,18)19)10-14(17)15-9-8-12-6-4-5-7-13(12)15/h4-7,11H,8-10H2,1-3H3. The van der Waals surface area contributed by atoms with Gasteiger partial charge in [-0.05, 0) is 31.9 Å². The summed E-state index contributed by atoms with van der Waals surface area (Å²) in [5, 5.41) is 0. The summed E-state index contributed by atoms with van der Waals surface area (Å²) in [7, 11) is -3.38. The van der Waals surface area contributed by atoms with Crippen LogP contribution in [-0.4, -0.2) is 44.0 Å². The molecule has 1 aliphatic heterocycles. The molecule has 2 rings (SSSR count). The minimum Gasteiger partial charge on any atom is -0.311 e. The monoisotopic (exact) mass is 296 g/mol. The first-order valence-corrected chi connectivity index (χ1v) is 8.50. The Bertz CT molecular complexity index is 611. The number of hydrogen-bond donors (Lipinski definition) is 0. The van der Waals surface area contributed by atoms with E-state index in [0.29, 0.717) is 6.54 Å². The molecule has 0 atom stereocenters. The first-order valence-electron chi connectivity index (χ1n) is 6.66. The van der Waals surface area contributed by atoms with Crippen LogP contribution >= 0.6 is 0 Å². The van der Waals surface area contributed by atoms with Crippen LogP contribution in [0.5, 0.6) is 0 Å². The van der Waals surface area contributed by atoms with E-state index in [4.69, 9.17) is 0 Å². The van der Waals surface area contributed by atoms with E-state index in [1.54, 1.807) is 18.7 Å². The Hall–Kier alpha value is -1.40. The summed E-state index contributed by atoms with van der Waals surface area (Å²) >= 11 is 0. The fourth-order valence-electron chi connectivity index (χ4n) is 2.50. The second-order valence-corrected chi connectivity index (χ2v) is 7.26. The summed E-state index contributed by atoms with van der Waals surface area (Å²) in [6.45, 7) is 4.05. The van der Waals surface area contributed by atoms with Crippen LogP contribution in [0.25, 0.3) is 0 Å².